The van der Waals surface area contributed by atoms with E-state index in [9.17, 15) is 4.79 Å². The summed E-state index contributed by atoms with van der Waals surface area (Å²) in [6, 6.07) is 7.02. The third-order valence-corrected chi connectivity index (χ3v) is 6.81. The maximum atomic E-state index is 11.6. The molecule has 3 aliphatic heterocycles. The second kappa shape index (κ2) is 9.02. The molecule has 0 bridgehead atoms. The Bertz CT molecular complexity index is 715. The van der Waals surface area contributed by atoms with Crippen LogP contribution in [0.25, 0.3) is 0 Å². The highest BCUT2D eigenvalue weighted by Gasteiger charge is 2.42. The molecule has 3 heterocycles. The number of benzene rings is 1. The Hall–Kier alpha value is -1.63. The van der Waals surface area contributed by atoms with Crippen molar-refractivity contribution in [3.05, 3.63) is 29.3 Å². The predicted molar refractivity (Wildman–Crippen MR) is 114 cm³/mol. The van der Waals surface area contributed by atoms with Crippen LogP contribution in [0.15, 0.2) is 18.2 Å². The van der Waals surface area contributed by atoms with Gasteiger partial charge in [0.2, 0.25) is 5.91 Å². The first-order valence-corrected chi connectivity index (χ1v) is 11.1. The smallest absolute Gasteiger partial charge is 0.246 e. The number of carbonyl (C=O) groups is 1. The van der Waals surface area contributed by atoms with Crippen molar-refractivity contribution in [2.75, 3.05) is 51.8 Å². The van der Waals surface area contributed by atoms with E-state index < -0.39 is 0 Å². The van der Waals surface area contributed by atoms with Crippen molar-refractivity contribution >= 4 is 11.6 Å². The van der Waals surface area contributed by atoms with Crippen molar-refractivity contribution in [2.45, 2.75) is 56.8 Å². The highest BCUT2D eigenvalue weighted by Crippen LogP contribution is 2.39. The largest absolute Gasteiger partial charge is 0.375 e. The number of anilines is 1. The van der Waals surface area contributed by atoms with Gasteiger partial charge in [0, 0.05) is 52.6 Å². The van der Waals surface area contributed by atoms with Crippen LogP contribution < -0.4 is 10.2 Å². The topological polar surface area (TPSA) is 54.0 Å². The van der Waals surface area contributed by atoms with Crippen LogP contribution in [-0.2, 0) is 27.2 Å². The minimum Gasteiger partial charge on any atom is -0.375 e. The number of piperidine rings is 1. The normalized spacial score (nSPS) is 23.9. The van der Waals surface area contributed by atoms with Crippen molar-refractivity contribution in [3.8, 4) is 0 Å². The number of aryl methyl sites for hydroxylation is 1. The van der Waals surface area contributed by atoms with Crippen molar-refractivity contribution in [1.82, 2.24) is 10.2 Å². The monoisotopic (exact) mass is 401 g/mol. The molecule has 2 fully saturated rings. The predicted octanol–water partition coefficient (Wildman–Crippen LogP) is 2.35. The zero-order valence-electron chi connectivity index (χ0n) is 17.9. The number of ether oxygens (including phenoxy) is 2. The van der Waals surface area contributed by atoms with Crippen LogP contribution in [0.4, 0.5) is 5.69 Å². The van der Waals surface area contributed by atoms with Gasteiger partial charge in [-0.1, -0.05) is 12.1 Å². The highest BCUT2D eigenvalue weighted by molar-refractivity contribution is 5.77. The fourth-order valence-electron chi connectivity index (χ4n) is 5.13. The highest BCUT2D eigenvalue weighted by atomic mass is 16.5. The lowest BCUT2D eigenvalue weighted by atomic mass is 9.88. The molecular weight excluding hydrogens is 366 g/mol. The second-order valence-electron chi connectivity index (χ2n) is 8.96. The van der Waals surface area contributed by atoms with Crippen molar-refractivity contribution in [1.29, 1.82) is 0 Å². The van der Waals surface area contributed by atoms with E-state index in [1.54, 1.807) is 0 Å². The number of nitrogens with zero attached hydrogens (tertiary/aromatic N) is 2. The lowest BCUT2D eigenvalue weighted by Gasteiger charge is -2.39. The number of methoxy groups -OCH3 is 1. The summed E-state index contributed by atoms with van der Waals surface area (Å²) in [5.41, 5.74) is 4.36. The molecule has 1 spiro atoms. The van der Waals surface area contributed by atoms with Gasteiger partial charge in [-0.25, -0.2) is 0 Å². The summed E-state index contributed by atoms with van der Waals surface area (Å²) in [6.07, 6.45) is 6.91. The van der Waals surface area contributed by atoms with Gasteiger partial charge in [-0.15, -0.1) is 0 Å². The minimum atomic E-state index is -0.0666. The van der Waals surface area contributed by atoms with E-state index >= 15 is 0 Å². The molecule has 1 amide bonds. The second-order valence-corrected chi connectivity index (χ2v) is 8.96. The fourth-order valence-corrected chi connectivity index (χ4v) is 5.13. The van der Waals surface area contributed by atoms with Crippen LogP contribution in [0.2, 0.25) is 0 Å². The molecule has 0 aliphatic carbocycles. The maximum absolute atomic E-state index is 11.6. The molecule has 0 aromatic heterocycles. The average Bonchev–Trinajstić information content (AvgIpc) is 3.11. The number of likely N-dealkylation sites (tertiary alicyclic amines) is 1. The molecule has 1 N–H and O–H groups in total. The van der Waals surface area contributed by atoms with Crippen molar-refractivity contribution < 1.29 is 14.3 Å². The molecule has 4 rings (SSSR count). The molecule has 1 aromatic carbocycles. The molecule has 0 saturated carbocycles. The number of hydrogen-bond donors (Lipinski definition) is 1. The molecule has 1 unspecified atom stereocenters. The lowest BCUT2D eigenvalue weighted by molar-refractivity contribution is -0.126. The zero-order valence-corrected chi connectivity index (χ0v) is 17.9. The standard InChI is InChI=1S/C23H35N3O3/c1-25-11-3-4-19-14-18(5-6-21(19)25)16-26-12-9-23(10-13-26)8-7-20(29-23)15-24-22(27)17-28-2/h5-6,14,20H,3-4,7-13,15-17H2,1-2H3,(H,24,27). The zero-order chi connectivity index (χ0) is 20.3. The molecule has 6 nitrogen and oxygen atoms in total. The Morgan fingerprint density at radius 2 is 2.10 bits per heavy atom. The fraction of sp³-hybridized carbons (Fsp3) is 0.696. The third-order valence-electron chi connectivity index (χ3n) is 6.81. The van der Waals surface area contributed by atoms with E-state index in [4.69, 9.17) is 9.47 Å². The van der Waals surface area contributed by atoms with E-state index in [0.29, 0.717) is 6.54 Å². The van der Waals surface area contributed by atoms with Crippen LogP contribution in [0.1, 0.15) is 43.2 Å². The van der Waals surface area contributed by atoms with Crippen LogP contribution in [-0.4, -0.2) is 69.5 Å². The number of amides is 1. The summed E-state index contributed by atoms with van der Waals surface area (Å²) in [4.78, 5) is 16.5. The van der Waals surface area contributed by atoms with Crippen LogP contribution in [0, 0.1) is 0 Å². The summed E-state index contributed by atoms with van der Waals surface area (Å²) < 4.78 is 11.3. The van der Waals surface area contributed by atoms with E-state index in [-0.39, 0.29) is 24.2 Å². The Labute approximate surface area is 174 Å². The van der Waals surface area contributed by atoms with Crippen molar-refractivity contribution in [3.63, 3.8) is 0 Å². The Morgan fingerprint density at radius 1 is 1.28 bits per heavy atom. The van der Waals surface area contributed by atoms with Gasteiger partial charge < -0.3 is 19.7 Å². The minimum absolute atomic E-state index is 0.0196. The van der Waals surface area contributed by atoms with Gasteiger partial charge >= 0.3 is 0 Å². The molecule has 2 saturated heterocycles. The van der Waals surface area contributed by atoms with Gasteiger partial charge in [-0.2, -0.15) is 0 Å². The number of rotatable bonds is 6. The number of carbonyl (C=O) groups excluding carboxylic acids is 1. The average molecular weight is 402 g/mol. The Balaban J connectivity index is 1.25. The van der Waals surface area contributed by atoms with E-state index in [2.05, 4.69) is 40.4 Å². The van der Waals surface area contributed by atoms with E-state index in [1.165, 1.54) is 36.8 Å². The first kappa shape index (κ1) is 20.6. The molecule has 160 valence electrons. The van der Waals surface area contributed by atoms with Gasteiger partial charge in [0.25, 0.3) is 0 Å². The van der Waals surface area contributed by atoms with Gasteiger partial charge in [-0.3, -0.25) is 9.69 Å². The summed E-state index contributed by atoms with van der Waals surface area (Å²) in [6.45, 7) is 5.07. The first-order chi connectivity index (χ1) is 14.1. The summed E-state index contributed by atoms with van der Waals surface area (Å²) >= 11 is 0. The number of hydrogen-bond acceptors (Lipinski definition) is 5. The van der Waals surface area contributed by atoms with E-state index in [0.717, 1.165) is 51.9 Å². The van der Waals surface area contributed by atoms with Crippen LogP contribution >= 0.6 is 0 Å². The van der Waals surface area contributed by atoms with Gasteiger partial charge in [0.15, 0.2) is 0 Å². The first-order valence-electron chi connectivity index (χ1n) is 11.1. The summed E-state index contributed by atoms with van der Waals surface area (Å²) in [5, 5.41) is 2.91. The maximum Gasteiger partial charge on any atom is 0.246 e. The molecule has 1 aromatic rings. The number of fused-ring (bicyclic) bond motifs is 1. The summed E-state index contributed by atoms with van der Waals surface area (Å²) in [7, 11) is 3.73. The molecule has 29 heavy (non-hydrogen) atoms. The van der Waals surface area contributed by atoms with Crippen LogP contribution in [0.3, 0.4) is 0 Å². The van der Waals surface area contributed by atoms with Gasteiger partial charge in [0.1, 0.15) is 6.61 Å². The quantitative estimate of drug-likeness (QED) is 0.793. The molecular formula is C23H35N3O3. The summed E-state index contributed by atoms with van der Waals surface area (Å²) in [5.74, 6) is -0.0666. The van der Waals surface area contributed by atoms with Crippen LogP contribution in [0.5, 0.6) is 0 Å². The molecule has 3 aliphatic rings. The van der Waals surface area contributed by atoms with Crippen molar-refractivity contribution in [2.24, 2.45) is 0 Å². The Kier molecular flexibility index (Phi) is 6.42. The SMILES string of the molecule is COCC(=O)NCC1CCC2(CCN(Cc3ccc4c(c3)CCCN4C)CC2)O1. The Morgan fingerprint density at radius 3 is 2.90 bits per heavy atom. The molecule has 1 atom stereocenters. The third kappa shape index (κ3) is 4.93. The van der Waals surface area contributed by atoms with Gasteiger partial charge in [-0.05, 0) is 55.7 Å². The van der Waals surface area contributed by atoms with Gasteiger partial charge in [0.05, 0.1) is 11.7 Å². The number of nitrogens with one attached hydrogen (secondary N) is 1. The lowest BCUT2D eigenvalue weighted by Crippen LogP contribution is -2.45. The van der Waals surface area contributed by atoms with E-state index in [1.807, 2.05) is 0 Å². The molecule has 6 heteroatoms. The molecule has 0 radical (unpaired) electrons.